The van der Waals surface area contributed by atoms with Crippen molar-refractivity contribution in [3.63, 3.8) is 0 Å². The van der Waals surface area contributed by atoms with Gasteiger partial charge in [-0.25, -0.2) is 0 Å². The van der Waals surface area contributed by atoms with Crippen molar-refractivity contribution < 1.29 is 0 Å². The summed E-state index contributed by atoms with van der Waals surface area (Å²) in [7, 11) is 0. The molecule has 0 spiro atoms. The minimum atomic E-state index is 1.08. The molecule has 1 heteroatoms. The van der Waals surface area contributed by atoms with Crippen LogP contribution < -0.4 is 4.90 Å². The first-order valence-corrected chi connectivity index (χ1v) is 22.3. The summed E-state index contributed by atoms with van der Waals surface area (Å²) in [5.41, 5.74) is 19.8. The van der Waals surface area contributed by atoms with E-state index < -0.39 is 0 Å². The molecule has 0 saturated carbocycles. The molecule has 0 bridgehead atoms. The van der Waals surface area contributed by atoms with Crippen LogP contribution in [0.25, 0.3) is 88.7 Å². The van der Waals surface area contributed by atoms with Crippen LogP contribution in [0, 0.1) is 0 Å². The van der Waals surface area contributed by atoms with Gasteiger partial charge in [0, 0.05) is 16.9 Å². The van der Waals surface area contributed by atoms with E-state index in [1.165, 1.54) is 72.0 Å². The Morgan fingerprint density at radius 2 is 0.554 bits per heavy atom. The molecule has 0 aliphatic heterocycles. The lowest BCUT2D eigenvalue weighted by molar-refractivity contribution is 1.28. The quantitative estimate of drug-likeness (QED) is 0.133. The fraction of sp³-hybridized carbons (Fsp3) is 0. The zero-order chi connectivity index (χ0) is 43.4. The molecule has 0 unspecified atom stereocenters. The molecule has 0 aromatic heterocycles. The number of fused-ring (bicyclic) bond motifs is 1. The van der Waals surface area contributed by atoms with Gasteiger partial charge < -0.3 is 4.90 Å². The third-order valence-corrected chi connectivity index (χ3v) is 12.5. The fourth-order valence-corrected chi connectivity index (χ4v) is 9.28. The molecule has 0 radical (unpaired) electrons. The summed E-state index contributed by atoms with van der Waals surface area (Å²) in [6, 6.07) is 99.0. The van der Waals surface area contributed by atoms with Crippen molar-refractivity contribution >= 4 is 27.8 Å². The van der Waals surface area contributed by atoms with Crippen molar-refractivity contribution in [3.8, 4) is 77.9 Å². The lowest BCUT2D eigenvalue weighted by Crippen LogP contribution is -2.11. The second-order valence-electron chi connectivity index (χ2n) is 16.5. The van der Waals surface area contributed by atoms with Crippen LogP contribution >= 0.6 is 0 Å². The maximum atomic E-state index is 2.42. The minimum Gasteiger partial charge on any atom is -0.310 e. The second kappa shape index (κ2) is 17.7. The molecular weight excluding hydrogens is 783 g/mol. The van der Waals surface area contributed by atoms with E-state index in [1.54, 1.807) is 0 Å². The second-order valence-corrected chi connectivity index (χ2v) is 16.5. The lowest BCUT2D eigenvalue weighted by Gasteiger charge is -2.29. The Bertz CT molecular complexity index is 3360. The Kier molecular flexibility index (Phi) is 10.7. The van der Waals surface area contributed by atoms with Crippen molar-refractivity contribution in [3.05, 3.63) is 273 Å². The zero-order valence-corrected chi connectivity index (χ0v) is 35.9. The SMILES string of the molecule is c1ccc(-c2ccc(N(c3ccc(-c4cccc5ccccc45)cc3)c3ccc(-c4cc(-c5ccccc5)c(-c5ccccc5)cc4-c4ccccc4)cc3-c3ccccc3)cc2)cc1. The van der Waals surface area contributed by atoms with E-state index in [4.69, 9.17) is 0 Å². The van der Waals surface area contributed by atoms with E-state index in [0.29, 0.717) is 0 Å². The molecule has 306 valence electrons. The molecule has 0 N–H and O–H groups in total. The Balaban J connectivity index is 1.12. The van der Waals surface area contributed by atoms with Crippen LogP contribution in [-0.2, 0) is 0 Å². The number of rotatable bonds is 10. The van der Waals surface area contributed by atoms with E-state index in [2.05, 4.69) is 278 Å². The molecule has 11 aromatic carbocycles. The summed E-state index contributed by atoms with van der Waals surface area (Å²) >= 11 is 0. The largest absolute Gasteiger partial charge is 0.310 e. The molecule has 11 aromatic rings. The average molecular weight is 828 g/mol. The third-order valence-electron chi connectivity index (χ3n) is 12.5. The molecule has 1 nitrogen and oxygen atoms in total. The predicted octanol–water partition coefficient (Wildman–Crippen LogP) is 18.0. The maximum absolute atomic E-state index is 2.42. The Morgan fingerprint density at radius 1 is 0.200 bits per heavy atom. The van der Waals surface area contributed by atoms with Crippen LogP contribution in [0.1, 0.15) is 0 Å². The molecule has 0 heterocycles. The summed E-state index contributed by atoms with van der Waals surface area (Å²) in [6.45, 7) is 0. The molecular formula is C64H45N. The highest BCUT2D eigenvalue weighted by Crippen LogP contribution is 2.47. The van der Waals surface area contributed by atoms with Crippen molar-refractivity contribution in [2.75, 3.05) is 4.90 Å². The van der Waals surface area contributed by atoms with Gasteiger partial charge in [0.1, 0.15) is 0 Å². The van der Waals surface area contributed by atoms with E-state index >= 15 is 0 Å². The number of hydrogen-bond donors (Lipinski definition) is 0. The van der Waals surface area contributed by atoms with Gasteiger partial charge in [-0.15, -0.1) is 0 Å². The standard InChI is InChI=1S/C64H45N/c1-6-19-46(20-7-1)47-33-38-55(39-34-47)65(56-40-35-53(36-41-56)58-32-18-30-48-29-16-17-31-57(48)58)64-42-37-54(43-63(64)52-27-14-5-15-28-52)62-45-60(50-23-10-3-11-24-50)59(49-21-8-2-9-22-49)44-61(62)51-25-12-4-13-26-51/h1-45H. The first-order valence-electron chi connectivity index (χ1n) is 22.3. The molecule has 0 saturated heterocycles. The molecule has 0 amide bonds. The summed E-state index contributed by atoms with van der Waals surface area (Å²) < 4.78 is 0. The summed E-state index contributed by atoms with van der Waals surface area (Å²) in [5, 5.41) is 2.49. The maximum Gasteiger partial charge on any atom is 0.0540 e. The van der Waals surface area contributed by atoms with E-state index in [0.717, 1.165) is 33.8 Å². The van der Waals surface area contributed by atoms with Gasteiger partial charge in [-0.1, -0.05) is 224 Å². The van der Waals surface area contributed by atoms with Gasteiger partial charge in [0.2, 0.25) is 0 Å². The lowest BCUT2D eigenvalue weighted by atomic mass is 9.85. The highest BCUT2D eigenvalue weighted by Gasteiger charge is 2.22. The Morgan fingerprint density at radius 3 is 1.06 bits per heavy atom. The summed E-state index contributed by atoms with van der Waals surface area (Å²) in [5.74, 6) is 0. The summed E-state index contributed by atoms with van der Waals surface area (Å²) in [6.07, 6.45) is 0. The van der Waals surface area contributed by atoms with Crippen LogP contribution in [0.15, 0.2) is 273 Å². The minimum absolute atomic E-state index is 1.08. The smallest absolute Gasteiger partial charge is 0.0540 e. The monoisotopic (exact) mass is 827 g/mol. The Hall–Kier alpha value is -8.52. The number of benzene rings is 11. The first kappa shape index (κ1) is 39.3. The number of hydrogen-bond acceptors (Lipinski definition) is 1. The molecule has 0 fully saturated rings. The van der Waals surface area contributed by atoms with E-state index in [-0.39, 0.29) is 0 Å². The first-order chi connectivity index (χ1) is 32.2. The van der Waals surface area contributed by atoms with Gasteiger partial charge in [-0.2, -0.15) is 0 Å². The van der Waals surface area contributed by atoms with Crippen molar-refractivity contribution in [1.82, 2.24) is 0 Å². The topological polar surface area (TPSA) is 3.24 Å². The summed E-state index contributed by atoms with van der Waals surface area (Å²) in [4.78, 5) is 2.42. The van der Waals surface area contributed by atoms with Crippen molar-refractivity contribution in [1.29, 1.82) is 0 Å². The zero-order valence-electron chi connectivity index (χ0n) is 35.9. The molecule has 0 atom stereocenters. The average Bonchev–Trinajstić information content (AvgIpc) is 3.40. The highest BCUT2D eigenvalue weighted by molar-refractivity contribution is 5.99. The molecule has 11 rings (SSSR count). The van der Waals surface area contributed by atoms with Crippen LogP contribution in [0.4, 0.5) is 17.1 Å². The Labute approximate surface area is 381 Å². The van der Waals surface area contributed by atoms with Gasteiger partial charge in [0.05, 0.1) is 5.69 Å². The van der Waals surface area contributed by atoms with E-state index in [1.807, 2.05) is 0 Å². The molecule has 0 aliphatic rings. The van der Waals surface area contributed by atoms with Gasteiger partial charge in [-0.05, 0) is 132 Å². The number of anilines is 3. The molecule has 0 aliphatic carbocycles. The molecule has 65 heavy (non-hydrogen) atoms. The van der Waals surface area contributed by atoms with Crippen LogP contribution in [0.5, 0.6) is 0 Å². The van der Waals surface area contributed by atoms with Gasteiger partial charge in [0.25, 0.3) is 0 Å². The van der Waals surface area contributed by atoms with Crippen molar-refractivity contribution in [2.24, 2.45) is 0 Å². The van der Waals surface area contributed by atoms with Gasteiger partial charge in [-0.3, -0.25) is 0 Å². The van der Waals surface area contributed by atoms with Crippen LogP contribution in [0.2, 0.25) is 0 Å². The van der Waals surface area contributed by atoms with Gasteiger partial charge >= 0.3 is 0 Å². The predicted molar refractivity (Wildman–Crippen MR) is 277 cm³/mol. The van der Waals surface area contributed by atoms with Crippen molar-refractivity contribution in [2.45, 2.75) is 0 Å². The van der Waals surface area contributed by atoms with Crippen LogP contribution in [0.3, 0.4) is 0 Å². The fourth-order valence-electron chi connectivity index (χ4n) is 9.28. The van der Waals surface area contributed by atoms with Gasteiger partial charge in [0.15, 0.2) is 0 Å². The normalized spacial score (nSPS) is 11.1. The van der Waals surface area contributed by atoms with Crippen LogP contribution in [-0.4, -0.2) is 0 Å². The number of nitrogens with zero attached hydrogens (tertiary/aromatic N) is 1. The van der Waals surface area contributed by atoms with E-state index in [9.17, 15) is 0 Å². The third kappa shape index (κ3) is 7.93. The highest BCUT2D eigenvalue weighted by atomic mass is 15.1.